The van der Waals surface area contributed by atoms with Crippen LogP contribution in [0, 0.1) is 0 Å². The van der Waals surface area contributed by atoms with Crippen LogP contribution in [0.25, 0.3) is 10.2 Å². The third-order valence-electron chi connectivity index (χ3n) is 4.26. The van der Waals surface area contributed by atoms with Crippen LogP contribution in [-0.2, 0) is 4.74 Å². The van der Waals surface area contributed by atoms with Gasteiger partial charge in [0.05, 0.1) is 29.0 Å². The number of halogens is 2. The quantitative estimate of drug-likeness (QED) is 0.696. The van der Waals surface area contributed by atoms with Crippen LogP contribution in [0.3, 0.4) is 0 Å². The highest BCUT2D eigenvalue weighted by Crippen LogP contribution is 2.31. The van der Waals surface area contributed by atoms with Gasteiger partial charge in [-0.05, 0) is 30.3 Å². The summed E-state index contributed by atoms with van der Waals surface area (Å²) in [6.45, 7) is -0.0512. The lowest BCUT2D eigenvalue weighted by Crippen LogP contribution is -2.36. The molecule has 1 aliphatic heterocycles. The minimum atomic E-state index is -3.00. The highest BCUT2D eigenvalue weighted by atomic mass is 32.1. The van der Waals surface area contributed by atoms with Crippen LogP contribution in [-0.4, -0.2) is 43.8 Å². The van der Waals surface area contributed by atoms with Crippen LogP contribution in [0.4, 0.5) is 19.6 Å². The summed E-state index contributed by atoms with van der Waals surface area (Å²) in [5, 5.41) is 3.65. The molecule has 2 heterocycles. The van der Waals surface area contributed by atoms with Gasteiger partial charge in [0.15, 0.2) is 5.13 Å². The molecule has 4 rings (SSSR count). The van der Waals surface area contributed by atoms with Crippen LogP contribution >= 0.6 is 11.3 Å². The number of para-hydroxylation sites is 1. The Kier molecular flexibility index (Phi) is 5.36. The maximum atomic E-state index is 12.5. The predicted octanol–water partition coefficient (Wildman–Crippen LogP) is 3.99. The van der Waals surface area contributed by atoms with Crippen molar-refractivity contribution in [1.29, 1.82) is 0 Å². The zero-order chi connectivity index (χ0) is 19.5. The Morgan fingerprint density at radius 2 is 2.00 bits per heavy atom. The number of aromatic nitrogens is 1. The number of thiazole rings is 1. The number of hydrogen-bond donors (Lipinski definition) is 1. The number of ether oxygens (including phenoxy) is 2. The number of hydrogen-bond acceptors (Lipinski definition) is 6. The van der Waals surface area contributed by atoms with Crippen LogP contribution in [0.2, 0.25) is 0 Å². The number of carbonyl (C=O) groups excluding carboxylic acids is 1. The molecular formula is C19H17F2N3O3S. The Morgan fingerprint density at radius 3 is 2.79 bits per heavy atom. The Morgan fingerprint density at radius 1 is 1.21 bits per heavy atom. The number of anilines is 2. The van der Waals surface area contributed by atoms with Gasteiger partial charge in [0, 0.05) is 18.8 Å². The molecule has 1 amide bonds. The molecule has 0 spiro atoms. The zero-order valence-electron chi connectivity index (χ0n) is 14.7. The Hall–Kier alpha value is -2.78. The maximum Gasteiger partial charge on any atom is 0.387 e. The number of carbonyl (C=O) groups is 1. The number of nitrogens with one attached hydrogen (secondary N) is 1. The third kappa shape index (κ3) is 4.05. The minimum absolute atomic E-state index is 0.0428. The molecular weight excluding hydrogens is 388 g/mol. The molecule has 1 aliphatic rings. The van der Waals surface area contributed by atoms with E-state index in [4.69, 9.17) is 4.74 Å². The largest absolute Gasteiger partial charge is 0.434 e. The van der Waals surface area contributed by atoms with E-state index in [1.165, 1.54) is 29.5 Å². The molecule has 6 nitrogen and oxygen atoms in total. The molecule has 28 heavy (non-hydrogen) atoms. The average Bonchev–Trinajstić information content (AvgIpc) is 3.12. The molecule has 3 aromatic rings. The Balaban J connectivity index is 1.54. The Labute approximate surface area is 163 Å². The van der Waals surface area contributed by atoms with Crippen molar-refractivity contribution in [1.82, 2.24) is 4.98 Å². The summed E-state index contributed by atoms with van der Waals surface area (Å²) >= 11 is 1.54. The van der Waals surface area contributed by atoms with Gasteiger partial charge in [-0.2, -0.15) is 8.78 Å². The SMILES string of the molecule is O=C(Nc1ccc2nc(N3CCOCC3)sc2c1)c1ccccc1OC(F)F. The van der Waals surface area contributed by atoms with Gasteiger partial charge in [-0.1, -0.05) is 23.5 Å². The van der Waals surface area contributed by atoms with E-state index in [0.29, 0.717) is 18.9 Å². The molecule has 9 heteroatoms. The van der Waals surface area contributed by atoms with Crippen LogP contribution in [0.1, 0.15) is 10.4 Å². The van der Waals surface area contributed by atoms with Gasteiger partial charge in [-0.3, -0.25) is 4.79 Å². The molecule has 0 aliphatic carbocycles. The molecule has 0 saturated carbocycles. The standard InChI is InChI=1S/C19H17F2N3O3S/c20-18(21)27-15-4-2-1-3-13(15)17(25)22-12-5-6-14-16(11-12)28-19(23-14)24-7-9-26-10-8-24/h1-6,11,18H,7-10H2,(H,22,25). The van der Waals surface area contributed by atoms with Crippen LogP contribution in [0.15, 0.2) is 42.5 Å². The second kappa shape index (κ2) is 8.07. The first-order valence-electron chi connectivity index (χ1n) is 8.68. The molecule has 1 fully saturated rings. The van der Waals surface area contributed by atoms with Gasteiger partial charge in [-0.25, -0.2) is 4.98 Å². The monoisotopic (exact) mass is 405 g/mol. The first-order valence-corrected chi connectivity index (χ1v) is 9.50. The first-order chi connectivity index (χ1) is 13.6. The van der Waals surface area contributed by atoms with Gasteiger partial charge in [0.25, 0.3) is 5.91 Å². The summed E-state index contributed by atoms with van der Waals surface area (Å²) < 4.78 is 35.8. The van der Waals surface area contributed by atoms with E-state index in [-0.39, 0.29) is 11.3 Å². The number of nitrogens with zero attached hydrogens (tertiary/aromatic N) is 2. The number of benzene rings is 2. The van der Waals surface area contributed by atoms with Gasteiger partial charge < -0.3 is 19.7 Å². The van der Waals surface area contributed by atoms with Crippen molar-refractivity contribution in [3.63, 3.8) is 0 Å². The summed E-state index contributed by atoms with van der Waals surface area (Å²) in [6, 6.07) is 11.3. The van der Waals surface area contributed by atoms with Gasteiger partial charge in [0.1, 0.15) is 5.75 Å². The van der Waals surface area contributed by atoms with E-state index >= 15 is 0 Å². The lowest BCUT2D eigenvalue weighted by molar-refractivity contribution is -0.0501. The first kappa shape index (κ1) is 18.6. The second-order valence-corrected chi connectivity index (χ2v) is 7.12. The summed E-state index contributed by atoms with van der Waals surface area (Å²) in [7, 11) is 0. The molecule has 1 saturated heterocycles. The average molecular weight is 405 g/mol. The molecule has 1 aromatic heterocycles. The predicted molar refractivity (Wildman–Crippen MR) is 104 cm³/mol. The third-order valence-corrected chi connectivity index (χ3v) is 5.34. The summed E-state index contributed by atoms with van der Waals surface area (Å²) in [4.78, 5) is 19.3. The minimum Gasteiger partial charge on any atom is -0.434 e. The van der Waals surface area contributed by atoms with Crippen LogP contribution in [0.5, 0.6) is 5.75 Å². The smallest absolute Gasteiger partial charge is 0.387 e. The lowest BCUT2D eigenvalue weighted by Gasteiger charge is -2.25. The van der Waals surface area contributed by atoms with Crippen molar-refractivity contribution < 1.29 is 23.0 Å². The fourth-order valence-electron chi connectivity index (χ4n) is 2.93. The molecule has 0 unspecified atom stereocenters. The molecule has 2 aromatic carbocycles. The van der Waals surface area contributed by atoms with Gasteiger partial charge >= 0.3 is 6.61 Å². The number of rotatable bonds is 5. The number of fused-ring (bicyclic) bond motifs is 1. The number of amides is 1. The zero-order valence-corrected chi connectivity index (χ0v) is 15.5. The van der Waals surface area contributed by atoms with E-state index in [9.17, 15) is 13.6 Å². The van der Waals surface area contributed by atoms with Crippen molar-refractivity contribution in [3.05, 3.63) is 48.0 Å². The number of alkyl halides is 2. The van der Waals surface area contributed by atoms with E-state index in [1.54, 1.807) is 12.1 Å². The van der Waals surface area contributed by atoms with E-state index in [0.717, 1.165) is 28.4 Å². The fraction of sp³-hybridized carbons (Fsp3) is 0.263. The van der Waals surface area contributed by atoms with Crippen molar-refractivity contribution in [3.8, 4) is 5.75 Å². The van der Waals surface area contributed by atoms with Crippen molar-refractivity contribution in [2.24, 2.45) is 0 Å². The summed E-state index contributed by atoms with van der Waals surface area (Å²) in [6.07, 6.45) is 0. The molecule has 0 atom stereocenters. The van der Waals surface area contributed by atoms with E-state index < -0.39 is 12.5 Å². The summed E-state index contributed by atoms with van der Waals surface area (Å²) in [5.41, 5.74) is 1.44. The second-order valence-electron chi connectivity index (χ2n) is 6.11. The van der Waals surface area contributed by atoms with Gasteiger partial charge in [-0.15, -0.1) is 0 Å². The molecule has 0 radical (unpaired) electrons. The lowest BCUT2D eigenvalue weighted by atomic mass is 10.2. The Bertz CT molecular complexity index is 989. The molecule has 0 bridgehead atoms. The topological polar surface area (TPSA) is 63.7 Å². The maximum absolute atomic E-state index is 12.5. The highest BCUT2D eigenvalue weighted by molar-refractivity contribution is 7.22. The van der Waals surface area contributed by atoms with Crippen molar-refractivity contribution in [2.45, 2.75) is 6.61 Å². The highest BCUT2D eigenvalue weighted by Gasteiger charge is 2.17. The molecule has 1 N–H and O–H groups in total. The number of morpholine rings is 1. The molecule has 146 valence electrons. The van der Waals surface area contributed by atoms with Crippen molar-refractivity contribution >= 4 is 38.3 Å². The summed E-state index contributed by atoms with van der Waals surface area (Å²) in [5.74, 6) is -0.683. The van der Waals surface area contributed by atoms with Crippen molar-refractivity contribution in [2.75, 3.05) is 36.5 Å². The van der Waals surface area contributed by atoms with E-state index in [1.807, 2.05) is 12.1 Å². The van der Waals surface area contributed by atoms with E-state index in [2.05, 4.69) is 19.9 Å². The van der Waals surface area contributed by atoms with Gasteiger partial charge in [0.2, 0.25) is 0 Å². The normalized spacial score (nSPS) is 14.5. The van der Waals surface area contributed by atoms with Crippen LogP contribution < -0.4 is 15.0 Å². The fourth-order valence-corrected chi connectivity index (χ4v) is 3.99.